The van der Waals surface area contributed by atoms with Crippen molar-refractivity contribution in [2.24, 2.45) is 0 Å². The van der Waals surface area contributed by atoms with Gasteiger partial charge in [0, 0.05) is 25.5 Å². The van der Waals surface area contributed by atoms with Gasteiger partial charge in [-0.15, -0.1) is 6.58 Å². The van der Waals surface area contributed by atoms with Crippen LogP contribution in [-0.4, -0.2) is 43.4 Å². The van der Waals surface area contributed by atoms with Crippen LogP contribution in [0.5, 0.6) is 0 Å². The van der Waals surface area contributed by atoms with Crippen LogP contribution >= 0.6 is 0 Å². The lowest BCUT2D eigenvalue weighted by atomic mass is 9.96. The average Bonchev–Trinajstić information content (AvgIpc) is 2.95. The summed E-state index contributed by atoms with van der Waals surface area (Å²) in [5.41, 5.74) is 1.02. The molecule has 0 unspecified atom stereocenters. The standard InChI is InChI=1S/C34H58O5/c1-4-6-7-8-9-10-11-12-13-14-15-19-23-31(37-28-36-3)24-25-32-27-33(26-30(35)20-5-2)39-34(38-32)29-21-17-16-18-22-29/h5,16-18,21-22,30-35H,2,4,6-15,19-20,23-28H2,1,3H3/t30-,31-,32-,33+,34-/m0/s1. The van der Waals surface area contributed by atoms with Crippen LogP contribution in [0.1, 0.15) is 134 Å². The van der Waals surface area contributed by atoms with Gasteiger partial charge >= 0.3 is 0 Å². The molecule has 0 radical (unpaired) electrons. The van der Waals surface area contributed by atoms with Gasteiger partial charge in [0.25, 0.3) is 0 Å². The zero-order valence-corrected chi connectivity index (χ0v) is 25.1. The van der Waals surface area contributed by atoms with Crippen molar-refractivity contribution in [3.8, 4) is 0 Å². The molecule has 5 atom stereocenters. The van der Waals surface area contributed by atoms with Gasteiger partial charge in [0.1, 0.15) is 6.79 Å². The van der Waals surface area contributed by atoms with Crippen molar-refractivity contribution >= 4 is 0 Å². The minimum Gasteiger partial charge on any atom is -0.393 e. The molecule has 0 amide bonds. The summed E-state index contributed by atoms with van der Waals surface area (Å²) >= 11 is 0. The van der Waals surface area contributed by atoms with E-state index < -0.39 is 12.4 Å². The number of hydrogen-bond acceptors (Lipinski definition) is 5. The molecule has 2 rings (SSSR count). The van der Waals surface area contributed by atoms with Gasteiger partial charge in [0.05, 0.1) is 24.4 Å². The molecule has 1 heterocycles. The Labute approximate surface area is 239 Å². The molecule has 0 spiro atoms. The average molecular weight is 547 g/mol. The van der Waals surface area contributed by atoms with Crippen LogP contribution in [0.3, 0.4) is 0 Å². The van der Waals surface area contributed by atoms with Crippen LogP contribution in [0.25, 0.3) is 0 Å². The van der Waals surface area contributed by atoms with E-state index in [1.54, 1.807) is 13.2 Å². The number of methoxy groups -OCH3 is 1. The third kappa shape index (κ3) is 16.0. The first-order valence-corrected chi connectivity index (χ1v) is 15.9. The fourth-order valence-corrected chi connectivity index (χ4v) is 5.54. The Kier molecular flexibility index (Phi) is 19.6. The van der Waals surface area contributed by atoms with Gasteiger partial charge in [-0.25, -0.2) is 0 Å². The topological polar surface area (TPSA) is 57.2 Å². The maximum Gasteiger partial charge on any atom is 0.184 e. The monoisotopic (exact) mass is 546 g/mol. The summed E-state index contributed by atoms with van der Waals surface area (Å²) in [5, 5.41) is 10.4. The smallest absolute Gasteiger partial charge is 0.184 e. The summed E-state index contributed by atoms with van der Waals surface area (Å²) in [5.74, 6) is 0. The minimum absolute atomic E-state index is 0.0430. The predicted octanol–water partition coefficient (Wildman–Crippen LogP) is 9.05. The molecule has 224 valence electrons. The van der Waals surface area contributed by atoms with E-state index in [-0.39, 0.29) is 18.3 Å². The number of benzene rings is 1. The van der Waals surface area contributed by atoms with E-state index in [9.17, 15) is 5.11 Å². The SMILES string of the molecule is C=CC[C@H](O)C[C@@H]1C[C@H](CC[C@H](CCCCCCCCCCCCCC)OCOC)O[C@H](c2ccccc2)O1. The molecule has 1 aliphatic heterocycles. The molecule has 1 aromatic carbocycles. The van der Waals surface area contributed by atoms with E-state index in [1.807, 2.05) is 30.3 Å². The molecule has 1 aromatic rings. The highest BCUT2D eigenvalue weighted by molar-refractivity contribution is 5.16. The number of aliphatic hydroxyl groups is 1. The molecular formula is C34H58O5. The van der Waals surface area contributed by atoms with Crippen LogP contribution < -0.4 is 0 Å². The second-order valence-corrected chi connectivity index (χ2v) is 11.4. The third-order valence-electron chi connectivity index (χ3n) is 7.82. The third-order valence-corrected chi connectivity index (χ3v) is 7.82. The summed E-state index contributed by atoms with van der Waals surface area (Å²) in [6, 6.07) is 10.1. The number of aliphatic hydroxyl groups excluding tert-OH is 1. The van der Waals surface area contributed by atoms with Crippen LogP contribution in [0, 0.1) is 0 Å². The first kappa shape index (κ1) is 34.0. The van der Waals surface area contributed by atoms with Crippen LogP contribution in [0.15, 0.2) is 43.0 Å². The molecule has 0 aliphatic carbocycles. The minimum atomic E-state index is -0.439. The van der Waals surface area contributed by atoms with Gasteiger partial charge in [-0.3, -0.25) is 0 Å². The lowest BCUT2D eigenvalue weighted by Gasteiger charge is -2.37. The maximum absolute atomic E-state index is 10.4. The zero-order chi connectivity index (χ0) is 28.0. The second kappa shape index (κ2) is 22.4. The first-order chi connectivity index (χ1) is 19.2. The first-order valence-electron chi connectivity index (χ1n) is 15.9. The van der Waals surface area contributed by atoms with Crippen molar-refractivity contribution < 1.29 is 24.1 Å². The Bertz CT molecular complexity index is 696. The lowest BCUT2D eigenvalue weighted by molar-refractivity contribution is -0.254. The molecule has 1 aliphatic rings. The van der Waals surface area contributed by atoms with E-state index in [4.69, 9.17) is 18.9 Å². The fraction of sp³-hybridized carbons (Fsp3) is 0.765. The summed E-state index contributed by atoms with van der Waals surface area (Å²) in [6.07, 6.45) is 22.3. The molecule has 39 heavy (non-hydrogen) atoms. The van der Waals surface area contributed by atoms with Gasteiger partial charge < -0.3 is 24.1 Å². The van der Waals surface area contributed by atoms with Crippen LogP contribution in [0.4, 0.5) is 0 Å². The Balaban J connectivity index is 1.73. The number of unbranched alkanes of at least 4 members (excludes halogenated alkanes) is 11. The zero-order valence-electron chi connectivity index (χ0n) is 25.1. The van der Waals surface area contributed by atoms with E-state index in [1.165, 1.54) is 77.0 Å². The molecule has 0 saturated carbocycles. The Morgan fingerprint density at radius 2 is 1.51 bits per heavy atom. The summed E-state index contributed by atoms with van der Waals surface area (Å²) < 4.78 is 24.0. The molecule has 0 bridgehead atoms. The van der Waals surface area contributed by atoms with Crippen molar-refractivity contribution in [2.75, 3.05) is 13.9 Å². The molecule has 1 saturated heterocycles. The van der Waals surface area contributed by atoms with E-state index in [0.29, 0.717) is 19.6 Å². The van der Waals surface area contributed by atoms with Gasteiger partial charge in [-0.2, -0.15) is 0 Å². The van der Waals surface area contributed by atoms with Gasteiger partial charge in [0.2, 0.25) is 0 Å². The van der Waals surface area contributed by atoms with Crippen molar-refractivity contribution in [2.45, 2.75) is 153 Å². The predicted molar refractivity (Wildman–Crippen MR) is 161 cm³/mol. The van der Waals surface area contributed by atoms with E-state index in [0.717, 1.165) is 31.2 Å². The summed E-state index contributed by atoms with van der Waals surface area (Å²) in [4.78, 5) is 0. The second-order valence-electron chi connectivity index (χ2n) is 11.4. The summed E-state index contributed by atoms with van der Waals surface area (Å²) in [6.45, 7) is 6.37. The normalized spacial score (nSPS) is 21.1. The number of ether oxygens (including phenoxy) is 4. The van der Waals surface area contributed by atoms with Crippen LogP contribution in [0.2, 0.25) is 0 Å². The van der Waals surface area contributed by atoms with Crippen molar-refractivity contribution in [1.82, 2.24) is 0 Å². The molecule has 1 fully saturated rings. The largest absolute Gasteiger partial charge is 0.393 e. The van der Waals surface area contributed by atoms with Crippen molar-refractivity contribution in [1.29, 1.82) is 0 Å². The Hall–Kier alpha value is -1.24. The van der Waals surface area contributed by atoms with Crippen molar-refractivity contribution in [3.63, 3.8) is 0 Å². The Morgan fingerprint density at radius 1 is 0.897 bits per heavy atom. The highest BCUT2D eigenvalue weighted by Crippen LogP contribution is 2.34. The van der Waals surface area contributed by atoms with E-state index in [2.05, 4.69) is 13.5 Å². The van der Waals surface area contributed by atoms with E-state index >= 15 is 0 Å². The van der Waals surface area contributed by atoms with Crippen LogP contribution in [-0.2, 0) is 18.9 Å². The number of hydrogen-bond donors (Lipinski definition) is 1. The molecule has 1 N–H and O–H groups in total. The molecule has 0 aromatic heterocycles. The molecule has 5 heteroatoms. The van der Waals surface area contributed by atoms with Gasteiger partial charge in [0.15, 0.2) is 6.29 Å². The highest BCUT2D eigenvalue weighted by Gasteiger charge is 2.32. The lowest BCUT2D eigenvalue weighted by Crippen LogP contribution is -2.36. The van der Waals surface area contributed by atoms with Crippen molar-refractivity contribution in [3.05, 3.63) is 48.6 Å². The highest BCUT2D eigenvalue weighted by atomic mass is 16.7. The maximum atomic E-state index is 10.4. The number of rotatable bonds is 24. The van der Waals surface area contributed by atoms with Gasteiger partial charge in [-0.05, 0) is 25.7 Å². The molecular weight excluding hydrogens is 488 g/mol. The summed E-state index contributed by atoms with van der Waals surface area (Å²) in [7, 11) is 1.69. The van der Waals surface area contributed by atoms with Gasteiger partial charge in [-0.1, -0.05) is 120 Å². The quantitative estimate of drug-likeness (QED) is 0.0796. The molecule has 5 nitrogen and oxygen atoms in total. The fourth-order valence-electron chi connectivity index (χ4n) is 5.54. The Morgan fingerprint density at radius 3 is 2.13 bits per heavy atom.